The minimum atomic E-state index is -2.03. The van der Waals surface area contributed by atoms with Crippen molar-refractivity contribution in [3.63, 3.8) is 0 Å². The van der Waals surface area contributed by atoms with Crippen LogP contribution in [0.25, 0.3) is 0 Å². The molecule has 0 saturated heterocycles. The van der Waals surface area contributed by atoms with Crippen LogP contribution in [0.1, 0.15) is 12.5 Å². The zero-order valence-corrected chi connectivity index (χ0v) is 8.42. The van der Waals surface area contributed by atoms with E-state index in [0.717, 1.165) is 0 Å². The topological polar surface area (TPSA) is 49.7 Å². The molecule has 82 valence electrons. The largest absolute Gasteiger partial charge is 0.491 e. The Labute approximate surface area is 86.5 Å². The molecule has 1 aromatic rings. The molecule has 1 aromatic carbocycles. The van der Waals surface area contributed by atoms with Gasteiger partial charge in [-0.05, 0) is 25.5 Å². The van der Waals surface area contributed by atoms with E-state index in [1.165, 1.54) is 13.0 Å². The van der Waals surface area contributed by atoms with E-state index >= 15 is 0 Å². The van der Waals surface area contributed by atoms with Crippen LogP contribution in [0.2, 0.25) is 0 Å². The maximum absolute atomic E-state index is 13.3. The second-order valence-corrected chi connectivity index (χ2v) is 3.04. The van der Waals surface area contributed by atoms with Gasteiger partial charge in [0, 0.05) is 5.46 Å². The van der Waals surface area contributed by atoms with Crippen LogP contribution in [0, 0.1) is 18.6 Å². The number of hydrogen-bond donors (Lipinski definition) is 2. The van der Waals surface area contributed by atoms with Crippen LogP contribution >= 0.6 is 0 Å². The van der Waals surface area contributed by atoms with Gasteiger partial charge >= 0.3 is 7.12 Å². The van der Waals surface area contributed by atoms with Gasteiger partial charge in [-0.2, -0.15) is 4.39 Å². The van der Waals surface area contributed by atoms with Gasteiger partial charge in [0.2, 0.25) is 0 Å². The van der Waals surface area contributed by atoms with E-state index in [-0.39, 0.29) is 17.9 Å². The highest BCUT2D eigenvalue weighted by atomic mass is 19.2. The van der Waals surface area contributed by atoms with E-state index < -0.39 is 24.2 Å². The molecule has 0 atom stereocenters. The molecule has 0 unspecified atom stereocenters. The molecule has 6 heteroatoms. The van der Waals surface area contributed by atoms with Crippen molar-refractivity contribution >= 4 is 12.6 Å². The van der Waals surface area contributed by atoms with Gasteiger partial charge in [-0.25, -0.2) is 4.39 Å². The molecular formula is C9H11BF2O3. The van der Waals surface area contributed by atoms with Crippen LogP contribution in [-0.2, 0) is 0 Å². The summed E-state index contributed by atoms with van der Waals surface area (Å²) >= 11 is 0. The van der Waals surface area contributed by atoms with Gasteiger partial charge in [-0.1, -0.05) is 0 Å². The smallest absolute Gasteiger partial charge is 0.491 e. The monoisotopic (exact) mass is 216 g/mol. The molecule has 0 radical (unpaired) electrons. The molecule has 0 saturated carbocycles. The number of halogens is 2. The molecule has 0 aromatic heterocycles. The maximum atomic E-state index is 13.3. The van der Waals surface area contributed by atoms with Crippen molar-refractivity contribution in [2.24, 2.45) is 0 Å². The molecular weight excluding hydrogens is 205 g/mol. The SMILES string of the molecule is CCOc1cc(C)c(B(O)O)c(F)c1F. The van der Waals surface area contributed by atoms with Crippen molar-refractivity contribution in [2.75, 3.05) is 6.61 Å². The average Bonchev–Trinajstić information content (AvgIpc) is 2.13. The Morgan fingerprint density at radius 1 is 1.33 bits per heavy atom. The first-order valence-electron chi connectivity index (χ1n) is 4.46. The summed E-state index contributed by atoms with van der Waals surface area (Å²) in [5.41, 5.74) is -0.233. The van der Waals surface area contributed by atoms with E-state index in [1.807, 2.05) is 0 Å². The number of aryl methyl sites for hydroxylation is 1. The Kier molecular flexibility index (Phi) is 3.65. The lowest BCUT2D eigenvalue weighted by Gasteiger charge is -2.11. The quantitative estimate of drug-likeness (QED) is 0.716. The van der Waals surface area contributed by atoms with Gasteiger partial charge < -0.3 is 14.8 Å². The van der Waals surface area contributed by atoms with E-state index in [1.54, 1.807) is 6.92 Å². The summed E-state index contributed by atoms with van der Waals surface area (Å²) in [6, 6.07) is 1.23. The van der Waals surface area contributed by atoms with Gasteiger partial charge in [0.05, 0.1) is 6.61 Å². The summed E-state index contributed by atoms with van der Waals surface area (Å²) in [6.07, 6.45) is 0. The van der Waals surface area contributed by atoms with Crippen molar-refractivity contribution in [1.82, 2.24) is 0 Å². The zero-order chi connectivity index (χ0) is 11.6. The number of benzene rings is 1. The van der Waals surface area contributed by atoms with E-state index in [2.05, 4.69) is 0 Å². The molecule has 1 rings (SSSR count). The zero-order valence-electron chi connectivity index (χ0n) is 8.42. The Morgan fingerprint density at radius 3 is 2.40 bits per heavy atom. The Morgan fingerprint density at radius 2 is 1.93 bits per heavy atom. The van der Waals surface area contributed by atoms with Gasteiger partial charge in [0.15, 0.2) is 17.4 Å². The van der Waals surface area contributed by atoms with Crippen molar-refractivity contribution in [1.29, 1.82) is 0 Å². The van der Waals surface area contributed by atoms with E-state index in [0.29, 0.717) is 0 Å². The van der Waals surface area contributed by atoms with Gasteiger partial charge in [0.1, 0.15) is 0 Å². The molecule has 3 nitrogen and oxygen atoms in total. The molecule has 0 bridgehead atoms. The molecule has 0 aliphatic carbocycles. The fraction of sp³-hybridized carbons (Fsp3) is 0.333. The third-order valence-corrected chi connectivity index (χ3v) is 1.98. The highest BCUT2D eigenvalue weighted by Crippen LogP contribution is 2.20. The first-order chi connectivity index (χ1) is 6.99. The van der Waals surface area contributed by atoms with Crippen LogP contribution in [-0.4, -0.2) is 23.8 Å². The van der Waals surface area contributed by atoms with Gasteiger partial charge in [-0.15, -0.1) is 0 Å². The van der Waals surface area contributed by atoms with Crippen LogP contribution < -0.4 is 10.2 Å². The molecule has 0 aliphatic heterocycles. The second-order valence-electron chi connectivity index (χ2n) is 3.04. The summed E-state index contributed by atoms with van der Waals surface area (Å²) in [7, 11) is -2.03. The second kappa shape index (κ2) is 4.59. The lowest BCUT2D eigenvalue weighted by molar-refractivity contribution is 0.314. The van der Waals surface area contributed by atoms with Crippen molar-refractivity contribution in [2.45, 2.75) is 13.8 Å². The summed E-state index contributed by atoms with van der Waals surface area (Å²) in [5.74, 6) is -2.71. The molecule has 0 aliphatic rings. The summed E-state index contributed by atoms with van der Waals surface area (Å²) in [4.78, 5) is 0. The standard InChI is InChI=1S/C9H11BF2O3/c1-3-15-6-4-5(2)7(10(13)14)9(12)8(6)11/h4,13-14H,3H2,1-2H3. The van der Waals surface area contributed by atoms with Crippen molar-refractivity contribution in [3.8, 4) is 5.75 Å². The number of ether oxygens (including phenoxy) is 1. The summed E-state index contributed by atoms with van der Waals surface area (Å²) < 4.78 is 31.4. The Balaban J connectivity index is 3.31. The highest BCUT2D eigenvalue weighted by molar-refractivity contribution is 6.59. The predicted molar refractivity (Wildman–Crippen MR) is 52.1 cm³/mol. The third kappa shape index (κ3) is 2.27. The van der Waals surface area contributed by atoms with Crippen molar-refractivity contribution in [3.05, 3.63) is 23.3 Å². The molecule has 0 spiro atoms. The number of rotatable bonds is 3. The molecule has 15 heavy (non-hydrogen) atoms. The van der Waals surface area contributed by atoms with Crippen LogP contribution in [0.4, 0.5) is 8.78 Å². The number of hydrogen-bond acceptors (Lipinski definition) is 3. The fourth-order valence-electron chi connectivity index (χ4n) is 1.31. The van der Waals surface area contributed by atoms with E-state index in [4.69, 9.17) is 14.8 Å². The Hall–Kier alpha value is -1.14. The maximum Gasteiger partial charge on any atom is 0.491 e. The predicted octanol–water partition coefficient (Wildman–Crippen LogP) is 0.352. The lowest BCUT2D eigenvalue weighted by Crippen LogP contribution is -2.36. The van der Waals surface area contributed by atoms with E-state index in [9.17, 15) is 8.78 Å². The summed E-state index contributed by atoms with van der Waals surface area (Å²) in [5, 5.41) is 17.7. The molecule has 2 N–H and O–H groups in total. The van der Waals surface area contributed by atoms with Crippen LogP contribution in [0.15, 0.2) is 6.07 Å². The van der Waals surface area contributed by atoms with Crippen LogP contribution in [0.5, 0.6) is 5.75 Å². The third-order valence-electron chi connectivity index (χ3n) is 1.98. The van der Waals surface area contributed by atoms with Crippen molar-refractivity contribution < 1.29 is 23.6 Å². The van der Waals surface area contributed by atoms with Gasteiger partial charge in [0.25, 0.3) is 0 Å². The van der Waals surface area contributed by atoms with Gasteiger partial charge in [-0.3, -0.25) is 0 Å². The summed E-state index contributed by atoms with van der Waals surface area (Å²) in [6.45, 7) is 3.29. The molecule has 0 fully saturated rings. The fourth-order valence-corrected chi connectivity index (χ4v) is 1.31. The Bertz CT molecular complexity index is 369. The first kappa shape index (κ1) is 11.9. The highest BCUT2D eigenvalue weighted by Gasteiger charge is 2.25. The molecule has 0 amide bonds. The van der Waals surface area contributed by atoms with Crippen LogP contribution in [0.3, 0.4) is 0 Å². The normalized spacial score (nSPS) is 10.3. The lowest BCUT2D eigenvalue weighted by atomic mass is 9.76. The molecule has 0 heterocycles. The minimum absolute atomic E-state index is 0.205. The average molecular weight is 216 g/mol. The minimum Gasteiger partial charge on any atom is -0.491 e. The first-order valence-corrected chi connectivity index (χ1v) is 4.46.